The van der Waals surface area contributed by atoms with Crippen LogP contribution in [0.5, 0.6) is 11.5 Å². The number of aromatic nitrogens is 2. The van der Waals surface area contributed by atoms with Gasteiger partial charge in [0.25, 0.3) is 5.91 Å². The monoisotopic (exact) mass is 457 g/mol. The molecule has 0 spiro atoms. The maximum atomic E-state index is 13.3. The van der Waals surface area contributed by atoms with Gasteiger partial charge in [-0.25, -0.2) is 4.68 Å². The van der Waals surface area contributed by atoms with Crippen molar-refractivity contribution in [1.82, 2.24) is 14.7 Å². The lowest BCUT2D eigenvalue weighted by atomic mass is 10.1. The van der Waals surface area contributed by atoms with E-state index in [2.05, 4.69) is 0 Å². The van der Waals surface area contributed by atoms with Crippen LogP contribution in [0.25, 0.3) is 16.9 Å². The second kappa shape index (κ2) is 7.77. The lowest BCUT2D eigenvalue weighted by Crippen LogP contribution is -2.28. The molecule has 6 nitrogen and oxygen atoms in total. The molecule has 1 amide bonds. The van der Waals surface area contributed by atoms with Crippen LogP contribution in [0.3, 0.4) is 0 Å². The molecule has 2 aliphatic rings. The van der Waals surface area contributed by atoms with Crippen molar-refractivity contribution < 1.29 is 14.3 Å². The largest absolute Gasteiger partial charge is 0.493 e. The molecular formula is C23H21Cl2N3O3. The molecule has 5 rings (SSSR count). The van der Waals surface area contributed by atoms with Gasteiger partial charge in [-0.2, -0.15) is 5.10 Å². The number of nitrogens with zero attached hydrogens (tertiary/aromatic N) is 3. The molecule has 1 aliphatic heterocycles. The Balaban J connectivity index is 1.74. The van der Waals surface area contributed by atoms with Gasteiger partial charge >= 0.3 is 0 Å². The number of fused-ring (bicyclic) bond motifs is 3. The summed E-state index contributed by atoms with van der Waals surface area (Å²) in [7, 11) is 3.22. The van der Waals surface area contributed by atoms with E-state index in [0.717, 1.165) is 48.3 Å². The zero-order valence-corrected chi connectivity index (χ0v) is 18.8. The maximum absolute atomic E-state index is 13.3. The first kappa shape index (κ1) is 20.2. The minimum atomic E-state index is -0.0441. The zero-order chi connectivity index (χ0) is 21.7. The Labute approximate surface area is 190 Å². The molecule has 31 heavy (non-hydrogen) atoms. The van der Waals surface area contributed by atoms with Gasteiger partial charge in [0.15, 0.2) is 17.2 Å². The van der Waals surface area contributed by atoms with Gasteiger partial charge in [-0.15, -0.1) is 0 Å². The Kier molecular flexibility index (Phi) is 5.07. The molecule has 1 aromatic heterocycles. The van der Waals surface area contributed by atoms with Gasteiger partial charge in [-0.05, 0) is 48.7 Å². The summed E-state index contributed by atoms with van der Waals surface area (Å²) in [6, 6.07) is 9.12. The molecule has 0 atom stereocenters. The standard InChI is InChI=1S/C23H21Cl2N3O3/c1-30-19-10-13-9-16-21(23(29)27-7-3-4-8-27)26-28(18-11-14(24)5-6-17(18)25)22(16)15(13)12-20(19)31-2/h5-6,10-12H,3-4,7-9H2,1-2H3. The van der Waals surface area contributed by atoms with Crippen molar-refractivity contribution in [2.75, 3.05) is 27.3 Å². The van der Waals surface area contributed by atoms with Crippen LogP contribution in [0.4, 0.5) is 0 Å². The van der Waals surface area contributed by atoms with E-state index in [1.807, 2.05) is 17.0 Å². The number of ether oxygens (including phenoxy) is 2. The van der Waals surface area contributed by atoms with E-state index >= 15 is 0 Å². The molecule has 0 saturated carbocycles. The highest BCUT2D eigenvalue weighted by Crippen LogP contribution is 2.45. The van der Waals surface area contributed by atoms with Crippen molar-refractivity contribution >= 4 is 29.1 Å². The molecule has 3 aromatic rings. The summed E-state index contributed by atoms with van der Waals surface area (Å²) in [6.45, 7) is 1.51. The Hall–Kier alpha value is -2.70. The van der Waals surface area contributed by atoms with Gasteiger partial charge in [0.05, 0.1) is 30.6 Å². The maximum Gasteiger partial charge on any atom is 0.274 e. The molecule has 8 heteroatoms. The van der Waals surface area contributed by atoms with Crippen molar-refractivity contribution in [3.8, 4) is 28.4 Å². The highest BCUT2D eigenvalue weighted by atomic mass is 35.5. The third-order valence-corrected chi connectivity index (χ3v) is 6.50. The van der Waals surface area contributed by atoms with Crippen LogP contribution in [0.15, 0.2) is 30.3 Å². The lowest BCUT2D eigenvalue weighted by molar-refractivity contribution is 0.0785. The smallest absolute Gasteiger partial charge is 0.274 e. The van der Waals surface area contributed by atoms with Crippen molar-refractivity contribution in [2.45, 2.75) is 19.3 Å². The molecule has 1 fully saturated rings. The number of amides is 1. The van der Waals surface area contributed by atoms with Crippen LogP contribution >= 0.6 is 23.2 Å². The molecule has 0 N–H and O–H groups in total. The Bertz CT molecular complexity index is 1200. The van der Waals surface area contributed by atoms with Crippen LogP contribution in [0.2, 0.25) is 10.0 Å². The quantitative estimate of drug-likeness (QED) is 0.432. The van der Waals surface area contributed by atoms with E-state index in [-0.39, 0.29) is 5.91 Å². The Morgan fingerprint density at radius 1 is 1.03 bits per heavy atom. The van der Waals surface area contributed by atoms with Crippen LogP contribution in [-0.2, 0) is 6.42 Å². The fraction of sp³-hybridized carbons (Fsp3) is 0.304. The predicted molar refractivity (Wildman–Crippen MR) is 120 cm³/mol. The van der Waals surface area contributed by atoms with Crippen LogP contribution < -0.4 is 9.47 Å². The van der Waals surface area contributed by atoms with Gasteiger partial charge in [-0.3, -0.25) is 4.79 Å². The fourth-order valence-corrected chi connectivity index (χ4v) is 4.80. The van der Waals surface area contributed by atoms with Gasteiger partial charge in [0.1, 0.15) is 0 Å². The summed E-state index contributed by atoms with van der Waals surface area (Å²) in [6.07, 6.45) is 2.62. The zero-order valence-electron chi connectivity index (χ0n) is 17.2. The number of methoxy groups -OCH3 is 2. The van der Waals surface area contributed by atoms with E-state index in [9.17, 15) is 4.79 Å². The first-order valence-electron chi connectivity index (χ1n) is 10.1. The Morgan fingerprint density at radius 2 is 1.74 bits per heavy atom. The minimum Gasteiger partial charge on any atom is -0.493 e. The van der Waals surface area contributed by atoms with Crippen molar-refractivity contribution in [1.29, 1.82) is 0 Å². The average Bonchev–Trinajstić information content (AvgIpc) is 3.50. The number of hydrogen-bond acceptors (Lipinski definition) is 4. The lowest BCUT2D eigenvalue weighted by Gasteiger charge is -2.15. The van der Waals surface area contributed by atoms with E-state index < -0.39 is 0 Å². The number of hydrogen-bond donors (Lipinski definition) is 0. The first-order chi connectivity index (χ1) is 15.0. The number of carbonyl (C=O) groups is 1. The van der Waals surface area contributed by atoms with Gasteiger partial charge < -0.3 is 14.4 Å². The van der Waals surface area contributed by atoms with E-state index in [1.165, 1.54) is 0 Å². The summed E-state index contributed by atoms with van der Waals surface area (Å²) in [5.41, 5.74) is 4.81. The highest BCUT2D eigenvalue weighted by molar-refractivity contribution is 6.34. The number of rotatable bonds is 4. The second-order valence-electron chi connectivity index (χ2n) is 7.72. The van der Waals surface area contributed by atoms with Gasteiger partial charge in [-0.1, -0.05) is 23.2 Å². The minimum absolute atomic E-state index is 0.0441. The third-order valence-electron chi connectivity index (χ3n) is 5.95. The van der Waals surface area contributed by atoms with Gasteiger partial charge in [0, 0.05) is 35.7 Å². The molecule has 0 radical (unpaired) electrons. The number of likely N-dealkylation sites (tertiary alicyclic amines) is 1. The molecule has 160 valence electrons. The number of halogens is 2. The first-order valence-corrected chi connectivity index (χ1v) is 10.9. The van der Waals surface area contributed by atoms with Crippen molar-refractivity contribution in [3.05, 3.63) is 57.2 Å². The summed E-state index contributed by atoms with van der Waals surface area (Å²) in [4.78, 5) is 15.2. The summed E-state index contributed by atoms with van der Waals surface area (Å²) < 4.78 is 12.7. The number of benzene rings is 2. The second-order valence-corrected chi connectivity index (χ2v) is 8.57. The normalized spacial score (nSPS) is 14.5. The fourth-order valence-electron chi connectivity index (χ4n) is 4.44. The predicted octanol–water partition coefficient (Wildman–Crippen LogP) is 5.00. The average molecular weight is 458 g/mol. The molecule has 0 unspecified atom stereocenters. The summed E-state index contributed by atoms with van der Waals surface area (Å²) in [5, 5.41) is 5.80. The molecule has 1 saturated heterocycles. The van der Waals surface area contributed by atoms with Gasteiger partial charge in [0.2, 0.25) is 0 Å². The van der Waals surface area contributed by atoms with Crippen molar-refractivity contribution in [3.63, 3.8) is 0 Å². The SMILES string of the molecule is COc1cc2c(cc1OC)-c1c(c(C(=O)N3CCCC3)nn1-c1cc(Cl)ccc1Cl)C2. The van der Waals surface area contributed by atoms with Crippen LogP contribution in [-0.4, -0.2) is 47.9 Å². The topological polar surface area (TPSA) is 56.6 Å². The molecule has 2 heterocycles. The van der Waals surface area contributed by atoms with Crippen LogP contribution in [0, 0.1) is 0 Å². The molecule has 0 bridgehead atoms. The molecule has 1 aliphatic carbocycles. The van der Waals surface area contributed by atoms with E-state index in [1.54, 1.807) is 37.1 Å². The number of carbonyl (C=O) groups excluding carboxylic acids is 1. The molecule has 2 aromatic carbocycles. The highest BCUT2D eigenvalue weighted by Gasteiger charge is 2.35. The van der Waals surface area contributed by atoms with E-state index in [4.69, 9.17) is 37.8 Å². The van der Waals surface area contributed by atoms with E-state index in [0.29, 0.717) is 39.3 Å². The Morgan fingerprint density at radius 3 is 2.45 bits per heavy atom. The summed E-state index contributed by atoms with van der Waals surface area (Å²) >= 11 is 12.8. The van der Waals surface area contributed by atoms with Crippen molar-refractivity contribution in [2.24, 2.45) is 0 Å². The summed E-state index contributed by atoms with van der Waals surface area (Å²) in [5.74, 6) is 1.22. The molecular weight excluding hydrogens is 437 g/mol. The van der Waals surface area contributed by atoms with Crippen LogP contribution in [0.1, 0.15) is 34.5 Å². The third kappa shape index (κ3) is 3.25.